The normalized spacial score (nSPS) is 16.8. The van der Waals surface area contributed by atoms with E-state index in [-0.39, 0.29) is 6.61 Å². The van der Waals surface area contributed by atoms with Gasteiger partial charge in [0, 0.05) is 0 Å². The molecule has 1 aliphatic heterocycles. The Kier molecular flexibility index (Phi) is 4.37. The van der Waals surface area contributed by atoms with E-state index in [0.717, 1.165) is 13.1 Å². The van der Waals surface area contributed by atoms with Crippen molar-refractivity contribution < 1.29 is 5.11 Å². The highest BCUT2D eigenvalue weighted by molar-refractivity contribution is 5.39. The molecule has 1 saturated heterocycles. The van der Waals surface area contributed by atoms with Crippen molar-refractivity contribution in [2.24, 2.45) is 0 Å². The van der Waals surface area contributed by atoms with E-state index >= 15 is 0 Å². The molecule has 0 aromatic heterocycles. The van der Waals surface area contributed by atoms with E-state index < -0.39 is 5.54 Å². The van der Waals surface area contributed by atoms with Gasteiger partial charge in [0.1, 0.15) is 0 Å². The second-order valence-electron chi connectivity index (χ2n) is 5.80. The van der Waals surface area contributed by atoms with Gasteiger partial charge in [-0.15, -0.1) is 0 Å². The van der Waals surface area contributed by atoms with Gasteiger partial charge in [-0.05, 0) is 37.1 Å². The standard InChI is InChI=1S/C19H23NO/c21-16-19(17-10-4-1-5-11-17,18-12-6-2-7-13-18)20-14-8-3-9-15-20/h1-2,4-7,10-13,21H,3,8-9,14-16H2. The molecule has 1 heterocycles. The lowest BCUT2D eigenvalue weighted by Gasteiger charge is -2.45. The topological polar surface area (TPSA) is 23.5 Å². The summed E-state index contributed by atoms with van der Waals surface area (Å²) in [6.07, 6.45) is 3.71. The lowest BCUT2D eigenvalue weighted by Crippen LogP contribution is -2.52. The predicted octanol–water partition coefficient (Wildman–Crippen LogP) is 3.41. The molecule has 0 bridgehead atoms. The van der Waals surface area contributed by atoms with Gasteiger partial charge in [-0.3, -0.25) is 4.90 Å². The van der Waals surface area contributed by atoms with Crippen LogP contribution in [-0.2, 0) is 5.54 Å². The lowest BCUT2D eigenvalue weighted by atomic mass is 9.80. The molecule has 0 spiro atoms. The van der Waals surface area contributed by atoms with Crippen LogP contribution in [0.5, 0.6) is 0 Å². The monoisotopic (exact) mass is 281 g/mol. The molecule has 21 heavy (non-hydrogen) atoms. The van der Waals surface area contributed by atoms with Crippen molar-refractivity contribution in [1.29, 1.82) is 0 Å². The number of benzene rings is 2. The van der Waals surface area contributed by atoms with Crippen LogP contribution in [-0.4, -0.2) is 29.7 Å². The van der Waals surface area contributed by atoms with Crippen LogP contribution in [0.3, 0.4) is 0 Å². The molecule has 2 aromatic rings. The van der Waals surface area contributed by atoms with Crippen LogP contribution in [0, 0.1) is 0 Å². The number of likely N-dealkylation sites (tertiary alicyclic amines) is 1. The first-order valence-corrected chi connectivity index (χ1v) is 7.85. The molecule has 2 nitrogen and oxygen atoms in total. The highest BCUT2D eigenvalue weighted by atomic mass is 16.3. The van der Waals surface area contributed by atoms with Gasteiger partial charge < -0.3 is 5.11 Å². The molecule has 0 unspecified atom stereocenters. The van der Waals surface area contributed by atoms with E-state index in [0.29, 0.717) is 0 Å². The molecule has 1 fully saturated rings. The maximum atomic E-state index is 10.4. The van der Waals surface area contributed by atoms with Gasteiger partial charge in [0.05, 0.1) is 12.1 Å². The molecule has 0 radical (unpaired) electrons. The van der Waals surface area contributed by atoms with Crippen LogP contribution < -0.4 is 0 Å². The molecular weight excluding hydrogens is 258 g/mol. The number of hydrogen-bond donors (Lipinski definition) is 1. The molecule has 110 valence electrons. The fraction of sp³-hybridized carbons (Fsp3) is 0.368. The van der Waals surface area contributed by atoms with Crippen LogP contribution in [0.15, 0.2) is 60.7 Å². The summed E-state index contributed by atoms with van der Waals surface area (Å²) in [5, 5.41) is 10.4. The number of aliphatic hydroxyl groups is 1. The van der Waals surface area contributed by atoms with Gasteiger partial charge in [0.15, 0.2) is 0 Å². The summed E-state index contributed by atoms with van der Waals surface area (Å²) in [6, 6.07) is 20.9. The zero-order valence-corrected chi connectivity index (χ0v) is 12.4. The van der Waals surface area contributed by atoms with E-state index in [2.05, 4.69) is 53.4 Å². The fourth-order valence-electron chi connectivity index (χ4n) is 3.52. The summed E-state index contributed by atoms with van der Waals surface area (Å²) < 4.78 is 0. The molecule has 0 atom stereocenters. The number of hydrogen-bond acceptors (Lipinski definition) is 2. The summed E-state index contributed by atoms with van der Waals surface area (Å²) in [6.45, 7) is 2.20. The Morgan fingerprint density at radius 3 is 1.67 bits per heavy atom. The Morgan fingerprint density at radius 1 is 0.762 bits per heavy atom. The Balaban J connectivity index is 2.12. The van der Waals surface area contributed by atoms with Gasteiger partial charge in [-0.2, -0.15) is 0 Å². The van der Waals surface area contributed by atoms with Crippen molar-refractivity contribution in [3.63, 3.8) is 0 Å². The van der Waals surface area contributed by atoms with E-state index in [4.69, 9.17) is 0 Å². The number of piperidine rings is 1. The zero-order valence-electron chi connectivity index (χ0n) is 12.4. The predicted molar refractivity (Wildman–Crippen MR) is 86.2 cm³/mol. The maximum absolute atomic E-state index is 10.4. The molecule has 1 N–H and O–H groups in total. The Labute approximate surface area is 127 Å². The molecule has 2 aromatic carbocycles. The molecule has 2 heteroatoms. The minimum atomic E-state index is -0.414. The van der Waals surface area contributed by atoms with E-state index in [1.54, 1.807) is 0 Å². The van der Waals surface area contributed by atoms with Gasteiger partial charge >= 0.3 is 0 Å². The number of aliphatic hydroxyl groups excluding tert-OH is 1. The molecular formula is C19H23NO. The third kappa shape index (κ3) is 2.61. The van der Waals surface area contributed by atoms with Crippen LogP contribution in [0.25, 0.3) is 0 Å². The molecule has 1 aliphatic rings. The van der Waals surface area contributed by atoms with Crippen molar-refractivity contribution in [3.8, 4) is 0 Å². The Bertz CT molecular complexity index is 507. The summed E-state index contributed by atoms with van der Waals surface area (Å²) in [4.78, 5) is 2.46. The van der Waals surface area contributed by atoms with Crippen molar-refractivity contribution in [1.82, 2.24) is 4.90 Å². The first-order valence-electron chi connectivity index (χ1n) is 7.85. The van der Waals surface area contributed by atoms with Crippen molar-refractivity contribution >= 4 is 0 Å². The second-order valence-corrected chi connectivity index (χ2v) is 5.80. The highest BCUT2D eigenvalue weighted by Crippen LogP contribution is 2.37. The van der Waals surface area contributed by atoms with E-state index in [1.807, 2.05) is 12.1 Å². The molecule has 0 aliphatic carbocycles. The van der Waals surface area contributed by atoms with Gasteiger partial charge in [-0.25, -0.2) is 0 Å². The second kappa shape index (κ2) is 6.42. The number of rotatable bonds is 4. The van der Waals surface area contributed by atoms with Crippen molar-refractivity contribution in [2.75, 3.05) is 19.7 Å². The molecule has 0 amide bonds. The highest BCUT2D eigenvalue weighted by Gasteiger charge is 2.40. The van der Waals surface area contributed by atoms with Crippen LogP contribution in [0.2, 0.25) is 0 Å². The van der Waals surface area contributed by atoms with Gasteiger partial charge in [-0.1, -0.05) is 67.1 Å². The molecule has 0 saturated carbocycles. The van der Waals surface area contributed by atoms with E-state index in [9.17, 15) is 5.11 Å². The SMILES string of the molecule is OCC(c1ccccc1)(c1ccccc1)N1CCCCC1. The minimum absolute atomic E-state index is 0.112. The quantitative estimate of drug-likeness (QED) is 0.928. The maximum Gasteiger partial charge on any atom is 0.0950 e. The summed E-state index contributed by atoms with van der Waals surface area (Å²) >= 11 is 0. The van der Waals surface area contributed by atoms with Gasteiger partial charge in [0.25, 0.3) is 0 Å². The van der Waals surface area contributed by atoms with Crippen LogP contribution in [0.1, 0.15) is 30.4 Å². The number of nitrogens with zero attached hydrogens (tertiary/aromatic N) is 1. The first-order chi connectivity index (χ1) is 10.4. The largest absolute Gasteiger partial charge is 0.394 e. The Morgan fingerprint density at radius 2 is 1.24 bits per heavy atom. The van der Waals surface area contributed by atoms with Crippen molar-refractivity contribution in [2.45, 2.75) is 24.8 Å². The molecule has 3 rings (SSSR count). The van der Waals surface area contributed by atoms with Crippen LogP contribution >= 0.6 is 0 Å². The van der Waals surface area contributed by atoms with E-state index in [1.165, 1.54) is 30.4 Å². The first kappa shape index (κ1) is 14.3. The van der Waals surface area contributed by atoms with Crippen LogP contribution in [0.4, 0.5) is 0 Å². The van der Waals surface area contributed by atoms with Crippen molar-refractivity contribution in [3.05, 3.63) is 71.8 Å². The smallest absolute Gasteiger partial charge is 0.0950 e. The van der Waals surface area contributed by atoms with Gasteiger partial charge in [0.2, 0.25) is 0 Å². The third-order valence-corrected chi connectivity index (χ3v) is 4.63. The average Bonchev–Trinajstić information content (AvgIpc) is 2.59. The zero-order chi connectivity index (χ0) is 14.5. The minimum Gasteiger partial charge on any atom is -0.394 e. The summed E-state index contributed by atoms with van der Waals surface area (Å²) in [5.41, 5.74) is 1.95. The summed E-state index contributed by atoms with van der Waals surface area (Å²) in [7, 11) is 0. The lowest BCUT2D eigenvalue weighted by molar-refractivity contribution is 0.0422. The third-order valence-electron chi connectivity index (χ3n) is 4.63. The summed E-state index contributed by atoms with van der Waals surface area (Å²) in [5.74, 6) is 0. The Hall–Kier alpha value is -1.64. The fourth-order valence-corrected chi connectivity index (χ4v) is 3.52. The average molecular weight is 281 g/mol.